The van der Waals surface area contributed by atoms with E-state index in [2.05, 4.69) is 23.2 Å². The third kappa shape index (κ3) is 4.97. The van der Waals surface area contributed by atoms with Gasteiger partial charge in [-0.2, -0.15) is 0 Å². The van der Waals surface area contributed by atoms with Crippen molar-refractivity contribution in [3.05, 3.63) is 25.3 Å². The van der Waals surface area contributed by atoms with Gasteiger partial charge in [-0.15, -0.1) is 6.58 Å². The average molecular weight is 199 g/mol. The highest BCUT2D eigenvalue weighted by Crippen LogP contribution is 1.94. The number of amides is 1. The fourth-order valence-corrected chi connectivity index (χ4v) is 0.707. The van der Waals surface area contributed by atoms with Crippen LogP contribution >= 0.6 is 0 Å². The molecule has 0 aromatic carbocycles. The predicted molar refractivity (Wildman–Crippen MR) is 50.9 cm³/mol. The molecule has 0 saturated carbocycles. The lowest BCUT2D eigenvalue weighted by Gasteiger charge is -2.11. The molecule has 0 aromatic rings. The van der Waals surface area contributed by atoms with Crippen LogP contribution in [0.3, 0.4) is 0 Å². The molecule has 78 valence electrons. The number of carboxylic acids is 1. The Balaban J connectivity index is 4.01. The van der Waals surface area contributed by atoms with E-state index in [0.29, 0.717) is 0 Å². The van der Waals surface area contributed by atoms with E-state index in [-0.39, 0.29) is 13.0 Å². The van der Waals surface area contributed by atoms with Crippen molar-refractivity contribution in [1.29, 1.82) is 0 Å². The van der Waals surface area contributed by atoms with Gasteiger partial charge in [0, 0.05) is 0 Å². The molecule has 0 bridgehead atoms. The Bertz CT molecular complexity index is 237. The first-order valence-electron chi connectivity index (χ1n) is 3.99. The topological polar surface area (TPSA) is 75.6 Å². The summed E-state index contributed by atoms with van der Waals surface area (Å²) in [6.07, 6.45) is 2.17. The number of hydrogen-bond donors (Lipinski definition) is 2. The monoisotopic (exact) mass is 199 g/mol. The molecule has 5 heteroatoms. The second-order valence-corrected chi connectivity index (χ2v) is 2.45. The van der Waals surface area contributed by atoms with Crippen LogP contribution in [0.25, 0.3) is 0 Å². The van der Waals surface area contributed by atoms with E-state index in [1.807, 2.05) is 0 Å². The molecule has 0 spiro atoms. The van der Waals surface area contributed by atoms with E-state index in [4.69, 9.17) is 5.11 Å². The van der Waals surface area contributed by atoms with E-state index in [0.717, 1.165) is 0 Å². The lowest BCUT2D eigenvalue weighted by molar-refractivity contribution is -0.139. The summed E-state index contributed by atoms with van der Waals surface area (Å²) < 4.78 is 4.55. The largest absolute Gasteiger partial charge is 0.480 e. The Morgan fingerprint density at radius 1 is 1.43 bits per heavy atom. The highest BCUT2D eigenvalue weighted by Gasteiger charge is 2.18. The summed E-state index contributed by atoms with van der Waals surface area (Å²) in [6, 6.07) is -0.996. The van der Waals surface area contributed by atoms with Crippen LogP contribution in [0.15, 0.2) is 25.3 Å². The molecule has 0 aliphatic heterocycles. The minimum Gasteiger partial charge on any atom is -0.480 e. The molecule has 0 aliphatic carbocycles. The molecule has 0 radical (unpaired) electrons. The molecule has 0 aliphatic rings. The maximum Gasteiger partial charge on any atom is 0.408 e. The van der Waals surface area contributed by atoms with Crippen molar-refractivity contribution >= 4 is 12.1 Å². The van der Waals surface area contributed by atoms with Crippen molar-refractivity contribution in [2.45, 2.75) is 12.5 Å². The van der Waals surface area contributed by atoms with Crippen molar-refractivity contribution in [2.24, 2.45) is 0 Å². The molecule has 14 heavy (non-hydrogen) atoms. The molecular formula is C9H13NO4. The third-order valence-electron chi connectivity index (χ3n) is 1.32. The van der Waals surface area contributed by atoms with Crippen LogP contribution in [-0.4, -0.2) is 29.8 Å². The van der Waals surface area contributed by atoms with Crippen molar-refractivity contribution in [3.8, 4) is 0 Å². The third-order valence-corrected chi connectivity index (χ3v) is 1.32. The fraction of sp³-hybridized carbons (Fsp3) is 0.333. The standard InChI is InChI=1S/C9H13NO4/c1-3-5-7(8(11)12)10-9(13)14-6-4-2/h3-4,7H,1-2,5-6H2,(H,10,13)(H,11,12)/t7-/m0/s1. The lowest BCUT2D eigenvalue weighted by atomic mass is 10.2. The number of ether oxygens (including phenoxy) is 1. The summed E-state index contributed by atoms with van der Waals surface area (Å²) in [5.41, 5.74) is 0. The Labute approximate surface area is 82.1 Å². The zero-order chi connectivity index (χ0) is 11.0. The van der Waals surface area contributed by atoms with Gasteiger partial charge in [0.05, 0.1) is 0 Å². The Kier molecular flexibility index (Phi) is 5.85. The number of alkyl carbamates (subject to hydrolysis) is 1. The van der Waals surface area contributed by atoms with Gasteiger partial charge in [-0.05, 0) is 6.42 Å². The second kappa shape index (κ2) is 6.71. The summed E-state index contributed by atoms with van der Waals surface area (Å²) in [7, 11) is 0. The van der Waals surface area contributed by atoms with Gasteiger partial charge in [-0.25, -0.2) is 9.59 Å². The number of carboxylic acid groups (broad SMARTS) is 1. The van der Waals surface area contributed by atoms with Gasteiger partial charge < -0.3 is 15.2 Å². The summed E-state index contributed by atoms with van der Waals surface area (Å²) in [6.45, 7) is 6.77. The highest BCUT2D eigenvalue weighted by atomic mass is 16.5. The molecule has 0 aromatic heterocycles. The first-order chi connectivity index (χ1) is 6.61. The first-order valence-corrected chi connectivity index (χ1v) is 3.99. The number of rotatable bonds is 6. The van der Waals surface area contributed by atoms with E-state index >= 15 is 0 Å². The van der Waals surface area contributed by atoms with Crippen LogP contribution < -0.4 is 5.32 Å². The van der Waals surface area contributed by atoms with Crippen molar-refractivity contribution in [1.82, 2.24) is 5.32 Å². The minimum absolute atomic E-state index is 0.0479. The van der Waals surface area contributed by atoms with Crippen molar-refractivity contribution in [2.75, 3.05) is 6.61 Å². The number of aliphatic carboxylic acids is 1. The number of carbonyl (C=O) groups excluding carboxylic acids is 1. The highest BCUT2D eigenvalue weighted by molar-refractivity contribution is 5.80. The number of hydrogen-bond acceptors (Lipinski definition) is 3. The van der Waals surface area contributed by atoms with E-state index in [9.17, 15) is 9.59 Å². The molecule has 0 unspecified atom stereocenters. The Morgan fingerprint density at radius 3 is 2.50 bits per heavy atom. The second-order valence-electron chi connectivity index (χ2n) is 2.45. The van der Waals surface area contributed by atoms with Crippen molar-refractivity contribution in [3.63, 3.8) is 0 Å². The Hall–Kier alpha value is -1.78. The van der Waals surface area contributed by atoms with Gasteiger partial charge in [-0.1, -0.05) is 18.7 Å². The maximum absolute atomic E-state index is 10.9. The zero-order valence-electron chi connectivity index (χ0n) is 7.73. The molecular weight excluding hydrogens is 186 g/mol. The van der Waals surface area contributed by atoms with Gasteiger partial charge >= 0.3 is 12.1 Å². The first kappa shape index (κ1) is 12.2. The molecule has 0 saturated heterocycles. The lowest BCUT2D eigenvalue weighted by Crippen LogP contribution is -2.40. The predicted octanol–water partition coefficient (Wildman–Crippen LogP) is 0.928. The van der Waals surface area contributed by atoms with E-state index < -0.39 is 18.1 Å². The minimum atomic E-state index is -1.12. The van der Waals surface area contributed by atoms with Crippen LogP contribution in [0, 0.1) is 0 Å². The summed E-state index contributed by atoms with van der Waals surface area (Å²) in [5.74, 6) is -1.12. The molecule has 0 heterocycles. The SMILES string of the molecule is C=CCOC(=O)N[C@@H](CC=C)C(=O)O. The summed E-state index contributed by atoms with van der Waals surface area (Å²) >= 11 is 0. The summed E-state index contributed by atoms with van der Waals surface area (Å²) in [5, 5.41) is 10.8. The van der Waals surface area contributed by atoms with Crippen molar-refractivity contribution < 1.29 is 19.4 Å². The summed E-state index contributed by atoms with van der Waals surface area (Å²) in [4.78, 5) is 21.5. The van der Waals surface area contributed by atoms with Crippen LogP contribution in [0.1, 0.15) is 6.42 Å². The number of carbonyl (C=O) groups is 2. The van der Waals surface area contributed by atoms with Gasteiger partial charge in [0.25, 0.3) is 0 Å². The van der Waals surface area contributed by atoms with Crippen LogP contribution in [0.5, 0.6) is 0 Å². The zero-order valence-corrected chi connectivity index (χ0v) is 7.73. The molecule has 0 fully saturated rings. The van der Waals surface area contributed by atoms with Gasteiger partial charge in [0.1, 0.15) is 12.6 Å². The molecule has 0 rings (SSSR count). The smallest absolute Gasteiger partial charge is 0.408 e. The van der Waals surface area contributed by atoms with Gasteiger partial charge in [0.2, 0.25) is 0 Å². The Morgan fingerprint density at radius 2 is 2.07 bits per heavy atom. The van der Waals surface area contributed by atoms with Gasteiger partial charge in [0.15, 0.2) is 0 Å². The van der Waals surface area contributed by atoms with Crippen LogP contribution in [0.4, 0.5) is 4.79 Å². The van der Waals surface area contributed by atoms with E-state index in [1.54, 1.807) is 0 Å². The number of nitrogens with one attached hydrogen (secondary N) is 1. The van der Waals surface area contributed by atoms with Gasteiger partial charge in [-0.3, -0.25) is 0 Å². The average Bonchev–Trinajstić information content (AvgIpc) is 2.14. The van der Waals surface area contributed by atoms with E-state index in [1.165, 1.54) is 12.2 Å². The van der Waals surface area contributed by atoms with Crippen LogP contribution in [-0.2, 0) is 9.53 Å². The fourth-order valence-electron chi connectivity index (χ4n) is 0.707. The van der Waals surface area contributed by atoms with Crippen LogP contribution in [0.2, 0.25) is 0 Å². The molecule has 1 amide bonds. The molecule has 5 nitrogen and oxygen atoms in total. The molecule has 1 atom stereocenters. The normalized spacial score (nSPS) is 11.1. The molecule has 2 N–H and O–H groups in total. The quantitative estimate of drug-likeness (QED) is 0.624. The maximum atomic E-state index is 10.9.